The molecule has 0 heterocycles. The minimum atomic E-state index is -0.0884. The van der Waals surface area contributed by atoms with Gasteiger partial charge in [-0.2, -0.15) is 0 Å². The third-order valence-corrected chi connectivity index (χ3v) is 2.22. The maximum absolute atomic E-state index is 11.0. The van der Waals surface area contributed by atoms with Gasteiger partial charge in [0.1, 0.15) is 0 Å². The molecule has 0 aromatic rings. The third-order valence-electron chi connectivity index (χ3n) is 2.22. The van der Waals surface area contributed by atoms with Crippen LogP contribution in [0.4, 0.5) is 0 Å². The van der Waals surface area contributed by atoms with Gasteiger partial charge in [0, 0.05) is 12.8 Å². The summed E-state index contributed by atoms with van der Waals surface area (Å²) < 4.78 is 4.97. The molecule has 0 N–H and O–H groups in total. The van der Waals surface area contributed by atoms with E-state index in [9.17, 15) is 9.59 Å². The Bertz CT molecular complexity index is 301. The van der Waals surface area contributed by atoms with Crippen LogP contribution in [0.15, 0.2) is 24.3 Å². The molecule has 0 atom stereocenters. The lowest BCUT2D eigenvalue weighted by Gasteiger charge is -2.06. The first-order valence-electron chi connectivity index (χ1n) is 6.56. The van der Waals surface area contributed by atoms with Crippen molar-refractivity contribution in [2.45, 2.75) is 59.0 Å². The van der Waals surface area contributed by atoms with Crippen LogP contribution in [0.25, 0.3) is 0 Å². The normalized spacial score (nSPS) is 13.9. The first kappa shape index (κ1) is 16.6. The number of carbonyl (C=O) groups excluding carboxylic acids is 2. The molecule has 1 aliphatic carbocycles. The molecule has 102 valence electrons. The van der Waals surface area contributed by atoms with Gasteiger partial charge < -0.3 is 4.74 Å². The smallest absolute Gasteiger partial charge is 0.306 e. The SMILES string of the molecule is C/C=C\CCCC(=O)OC(C)C.O=C1C=CCC1. The van der Waals surface area contributed by atoms with E-state index in [4.69, 9.17) is 4.74 Å². The molecule has 0 aliphatic heterocycles. The lowest BCUT2D eigenvalue weighted by atomic mass is 10.2. The highest BCUT2D eigenvalue weighted by molar-refractivity contribution is 5.91. The van der Waals surface area contributed by atoms with Crippen molar-refractivity contribution in [3.8, 4) is 0 Å². The van der Waals surface area contributed by atoms with Crippen LogP contribution in [0.1, 0.15) is 52.9 Å². The predicted octanol–water partition coefficient (Wildman–Crippen LogP) is 3.59. The fraction of sp³-hybridized carbons (Fsp3) is 0.600. The van der Waals surface area contributed by atoms with Gasteiger partial charge in [-0.05, 0) is 46.1 Å². The lowest BCUT2D eigenvalue weighted by molar-refractivity contribution is -0.147. The van der Waals surface area contributed by atoms with Crippen LogP contribution in [0, 0.1) is 0 Å². The Hall–Kier alpha value is -1.38. The Labute approximate surface area is 110 Å². The zero-order valence-corrected chi connectivity index (χ0v) is 11.6. The maximum Gasteiger partial charge on any atom is 0.306 e. The minimum Gasteiger partial charge on any atom is -0.463 e. The van der Waals surface area contributed by atoms with E-state index in [2.05, 4.69) is 6.08 Å². The molecule has 1 aliphatic rings. The summed E-state index contributed by atoms with van der Waals surface area (Å²) >= 11 is 0. The van der Waals surface area contributed by atoms with Gasteiger partial charge in [-0.1, -0.05) is 18.2 Å². The first-order valence-corrected chi connectivity index (χ1v) is 6.56. The molecule has 3 heteroatoms. The Morgan fingerprint density at radius 2 is 2.22 bits per heavy atom. The van der Waals surface area contributed by atoms with Gasteiger partial charge in [0.15, 0.2) is 5.78 Å². The van der Waals surface area contributed by atoms with Crippen molar-refractivity contribution in [2.75, 3.05) is 0 Å². The Morgan fingerprint density at radius 1 is 1.50 bits per heavy atom. The second-order valence-electron chi connectivity index (χ2n) is 4.41. The topological polar surface area (TPSA) is 43.4 Å². The number of hydrogen-bond acceptors (Lipinski definition) is 3. The summed E-state index contributed by atoms with van der Waals surface area (Å²) in [7, 11) is 0. The standard InChI is InChI=1S/C10H18O2.C5H6O/c1-4-5-6-7-8-10(11)12-9(2)3;6-5-3-1-2-4-5/h4-5,9H,6-8H2,1-3H3;1,3H,2,4H2/b5-4-;. The summed E-state index contributed by atoms with van der Waals surface area (Å²) in [5.41, 5.74) is 0. The van der Waals surface area contributed by atoms with Crippen LogP contribution in [0.5, 0.6) is 0 Å². The van der Waals surface area contributed by atoms with Crippen LogP contribution >= 0.6 is 0 Å². The van der Waals surface area contributed by atoms with Crippen molar-refractivity contribution < 1.29 is 14.3 Å². The lowest BCUT2D eigenvalue weighted by Crippen LogP contribution is -2.10. The van der Waals surface area contributed by atoms with E-state index >= 15 is 0 Å². The molecule has 3 nitrogen and oxygen atoms in total. The van der Waals surface area contributed by atoms with Crippen molar-refractivity contribution in [1.82, 2.24) is 0 Å². The molecule has 0 spiro atoms. The van der Waals surface area contributed by atoms with E-state index in [1.165, 1.54) is 0 Å². The molecule has 0 saturated heterocycles. The molecular weight excluding hydrogens is 228 g/mol. The number of carbonyl (C=O) groups is 2. The molecule has 0 amide bonds. The molecule has 0 unspecified atom stereocenters. The average molecular weight is 252 g/mol. The average Bonchev–Trinajstić information content (AvgIpc) is 2.75. The summed E-state index contributed by atoms with van der Waals surface area (Å²) in [5.74, 6) is 0.185. The van der Waals surface area contributed by atoms with Gasteiger partial charge in [0.25, 0.3) is 0 Å². The quantitative estimate of drug-likeness (QED) is 0.426. The third kappa shape index (κ3) is 11.1. The zero-order chi connectivity index (χ0) is 13.8. The number of allylic oxidation sites excluding steroid dienone is 4. The minimum absolute atomic E-state index is 0.0132. The van der Waals surface area contributed by atoms with Gasteiger partial charge in [-0.15, -0.1) is 0 Å². The Morgan fingerprint density at radius 3 is 2.61 bits per heavy atom. The van der Waals surface area contributed by atoms with E-state index in [-0.39, 0.29) is 17.9 Å². The van der Waals surface area contributed by atoms with Crippen molar-refractivity contribution in [1.29, 1.82) is 0 Å². The molecule has 18 heavy (non-hydrogen) atoms. The summed E-state index contributed by atoms with van der Waals surface area (Å²) in [6.07, 6.45) is 11.7. The second kappa shape index (κ2) is 10.8. The number of ether oxygens (including phenoxy) is 1. The molecule has 0 saturated carbocycles. The number of esters is 1. The van der Waals surface area contributed by atoms with Gasteiger partial charge in [0.05, 0.1) is 6.10 Å². The molecule has 1 rings (SSSR count). The highest BCUT2D eigenvalue weighted by Crippen LogP contribution is 2.01. The van der Waals surface area contributed by atoms with Crippen LogP contribution in [0.3, 0.4) is 0 Å². The van der Waals surface area contributed by atoms with Crippen molar-refractivity contribution in [3.63, 3.8) is 0 Å². The van der Waals surface area contributed by atoms with Gasteiger partial charge in [0.2, 0.25) is 0 Å². The molecule has 0 bridgehead atoms. The predicted molar refractivity (Wildman–Crippen MR) is 73.3 cm³/mol. The number of hydrogen-bond donors (Lipinski definition) is 0. The maximum atomic E-state index is 11.0. The molecule has 0 aromatic heterocycles. The highest BCUT2D eigenvalue weighted by Gasteiger charge is 2.03. The van der Waals surface area contributed by atoms with Crippen LogP contribution < -0.4 is 0 Å². The second-order valence-corrected chi connectivity index (χ2v) is 4.41. The van der Waals surface area contributed by atoms with Crippen molar-refractivity contribution in [2.24, 2.45) is 0 Å². The fourth-order valence-electron chi connectivity index (χ4n) is 1.38. The monoisotopic (exact) mass is 252 g/mol. The molecule has 0 fully saturated rings. The number of unbranched alkanes of at least 4 members (excludes halogenated alkanes) is 1. The molecule has 0 aromatic carbocycles. The van der Waals surface area contributed by atoms with Crippen molar-refractivity contribution in [3.05, 3.63) is 24.3 Å². The van der Waals surface area contributed by atoms with Crippen LogP contribution in [-0.4, -0.2) is 17.9 Å². The summed E-state index contributed by atoms with van der Waals surface area (Å²) in [6.45, 7) is 5.71. The molecular formula is C15H24O3. The van der Waals surface area contributed by atoms with Gasteiger partial charge in [-0.25, -0.2) is 0 Å². The van der Waals surface area contributed by atoms with Crippen LogP contribution in [0.2, 0.25) is 0 Å². The summed E-state index contributed by atoms with van der Waals surface area (Å²) in [6, 6.07) is 0. The summed E-state index contributed by atoms with van der Waals surface area (Å²) in [5, 5.41) is 0. The van der Waals surface area contributed by atoms with E-state index < -0.39 is 0 Å². The van der Waals surface area contributed by atoms with E-state index in [0.29, 0.717) is 6.42 Å². The van der Waals surface area contributed by atoms with E-state index in [1.807, 2.05) is 32.9 Å². The van der Waals surface area contributed by atoms with Gasteiger partial charge >= 0.3 is 5.97 Å². The van der Waals surface area contributed by atoms with Crippen molar-refractivity contribution >= 4 is 11.8 Å². The van der Waals surface area contributed by atoms with E-state index in [1.54, 1.807) is 6.08 Å². The molecule has 0 radical (unpaired) electrons. The van der Waals surface area contributed by atoms with E-state index in [0.717, 1.165) is 25.7 Å². The number of ketones is 1. The Kier molecular flexibility index (Phi) is 9.93. The zero-order valence-electron chi connectivity index (χ0n) is 11.6. The first-order chi connectivity index (χ1) is 8.56. The number of rotatable bonds is 5. The largest absolute Gasteiger partial charge is 0.463 e. The Balaban J connectivity index is 0.000000397. The fourth-order valence-corrected chi connectivity index (χ4v) is 1.38. The summed E-state index contributed by atoms with van der Waals surface area (Å²) in [4.78, 5) is 21.1. The van der Waals surface area contributed by atoms with Crippen LogP contribution in [-0.2, 0) is 14.3 Å². The highest BCUT2D eigenvalue weighted by atomic mass is 16.5. The van der Waals surface area contributed by atoms with Gasteiger partial charge in [-0.3, -0.25) is 9.59 Å².